The van der Waals surface area contributed by atoms with E-state index in [-0.39, 0.29) is 5.41 Å². The van der Waals surface area contributed by atoms with Crippen LogP contribution >= 0.6 is 0 Å². The van der Waals surface area contributed by atoms with E-state index in [1.54, 1.807) is 6.20 Å². The van der Waals surface area contributed by atoms with Crippen LogP contribution in [0.3, 0.4) is 0 Å². The fourth-order valence-electron chi connectivity index (χ4n) is 1.64. The maximum absolute atomic E-state index is 5.82. The zero-order chi connectivity index (χ0) is 13.9. The Kier molecular flexibility index (Phi) is 3.69. The summed E-state index contributed by atoms with van der Waals surface area (Å²) in [5.41, 5.74) is 7.44. The van der Waals surface area contributed by atoms with Gasteiger partial charge in [0.15, 0.2) is 5.82 Å². The SMILES string of the molecule is CC(C)(C)c1ccnc(COc2ccccc2N)n1. The van der Waals surface area contributed by atoms with Crippen molar-refractivity contribution in [2.45, 2.75) is 32.8 Å². The Balaban J connectivity index is 2.10. The van der Waals surface area contributed by atoms with E-state index in [0.29, 0.717) is 23.9 Å². The monoisotopic (exact) mass is 257 g/mol. The van der Waals surface area contributed by atoms with Crippen molar-refractivity contribution >= 4 is 5.69 Å². The van der Waals surface area contributed by atoms with Crippen LogP contribution in [-0.2, 0) is 12.0 Å². The molecule has 0 saturated carbocycles. The van der Waals surface area contributed by atoms with Gasteiger partial charge in [0.05, 0.1) is 5.69 Å². The molecule has 100 valence electrons. The molecule has 2 N–H and O–H groups in total. The first-order chi connectivity index (χ1) is 8.97. The molecule has 0 bridgehead atoms. The van der Waals surface area contributed by atoms with E-state index in [0.717, 1.165) is 5.69 Å². The molecule has 1 aromatic carbocycles. The van der Waals surface area contributed by atoms with Gasteiger partial charge in [0.1, 0.15) is 12.4 Å². The summed E-state index contributed by atoms with van der Waals surface area (Å²) in [5.74, 6) is 1.32. The Morgan fingerprint density at radius 3 is 2.58 bits per heavy atom. The van der Waals surface area contributed by atoms with Gasteiger partial charge < -0.3 is 10.5 Å². The zero-order valence-corrected chi connectivity index (χ0v) is 11.6. The van der Waals surface area contributed by atoms with Gasteiger partial charge in [-0.15, -0.1) is 0 Å². The highest BCUT2D eigenvalue weighted by molar-refractivity contribution is 5.51. The highest BCUT2D eigenvalue weighted by Crippen LogP contribution is 2.22. The molecule has 0 amide bonds. The maximum Gasteiger partial charge on any atom is 0.166 e. The lowest BCUT2D eigenvalue weighted by Gasteiger charge is -2.18. The van der Waals surface area contributed by atoms with Crippen molar-refractivity contribution in [1.82, 2.24) is 9.97 Å². The van der Waals surface area contributed by atoms with Gasteiger partial charge in [-0.05, 0) is 18.2 Å². The molecule has 4 nitrogen and oxygen atoms in total. The predicted octanol–water partition coefficient (Wildman–Crippen LogP) is 2.94. The van der Waals surface area contributed by atoms with Crippen LogP contribution in [0.5, 0.6) is 5.75 Å². The normalized spacial score (nSPS) is 11.3. The molecule has 1 heterocycles. The van der Waals surface area contributed by atoms with Gasteiger partial charge in [-0.3, -0.25) is 0 Å². The van der Waals surface area contributed by atoms with Crippen LogP contribution in [0, 0.1) is 0 Å². The molecular weight excluding hydrogens is 238 g/mol. The molecule has 0 fully saturated rings. The number of hydrogen-bond acceptors (Lipinski definition) is 4. The van der Waals surface area contributed by atoms with E-state index >= 15 is 0 Å². The van der Waals surface area contributed by atoms with Gasteiger partial charge in [0.2, 0.25) is 0 Å². The lowest BCUT2D eigenvalue weighted by Crippen LogP contribution is -2.15. The number of nitrogen functional groups attached to an aromatic ring is 1. The Labute approximate surface area is 113 Å². The summed E-state index contributed by atoms with van der Waals surface area (Å²) in [7, 11) is 0. The highest BCUT2D eigenvalue weighted by atomic mass is 16.5. The maximum atomic E-state index is 5.82. The van der Waals surface area contributed by atoms with Crippen molar-refractivity contribution in [2.24, 2.45) is 0 Å². The average Bonchev–Trinajstić information content (AvgIpc) is 2.37. The number of hydrogen-bond donors (Lipinski definition) is 1. The molecule has 0 spiro atoms. The molecule has 0 aliphatic carbocycles. The largest absolute Gasteiger partial charge is 0.483 e. The van der Waals surface area contributed by atoms with Crippen molar-refractivity contribution in [3.8, 4) is 5.75 Å². The van der Waals surface area contributed by atoms with Gasteiger partial charge in [-0.25, -0.2) is 9.97 Å². The first-order valence-electron chi connectivity index (χ1n) is 6.26. The highest BCUT2D eigenvalue weighted by Gasteiger charge is 2.16. The van der Waals surface area contributed by atoms with Crippen molar-refractivity contribution in [3.63, 3.8) is 0 Å². The number of rotatable bonds is 3. The van der Waals surface area contributed by atoms with E-state index in [9.17, 15) is 0 Å². The molecule has 0 unspecified atom stereocenters. The van der Waals surface area contributed by atoms with Crippen molar-refractivity contribution in [3.05, 3.63) is 48.0 Å². The molecule has 0 radical (unpaired) electrons. The minimum Gasteiger partial charge on any atom is -0.483 e. The molecule has 0 aliphatic heterocycles. The number of nitrogens with two attached hydrogens (primary N) is 1. The van der Waals surface area contributed by atoms with Gasteiger partial charge in [0, 0.05) is 17.3 Å². The Morgan fingerprint density at radius 1 is 1.16 bits per heavy atom. The third-order valence-corrected chi connectivity index (χ3v) is 2.75. The number of aromatic nitrogens is 2. The summed E-state index contributed by atoms with van der Waals surface area (Å²) in [5, 5.41) is 0. The van der Waals surface area contributed by atoms with Crippen LogP contribution in [0.2, 0.25) is 0 Å². The summed E-state index contributed by atoms with van der Waals surface area (Å²) < 4.78 is 5.64. The van der Waals surface area contributed by atoms with Crippen molar-refractivity contribution in [2.75, 3.05) is 5.73 Å². The minimum absolute atomic E-state index is 0.00344. The summed E-state index contributed by atoms with van der Waals surface area (Å²) in [6.07, 6.45) is 1.76. The Bertz CT molecular complexity index is 561. The number of nitrogens with zero attached hydrogens (tertiary/aromatic N) is 2. The van der Waals surface area contributed by atoms with Crippen LogP contribution in [0.25, 0.3) is 0 Å². The van der Waals surface area contributed by atoms with Gasteiger partial charge in [0.25, 0.3) is 0 Å². The zero-order valence-electron chi connectivity index (χ0n) is 11.6. The smallest absolute Gasteiger partial charge is 0.166 e. The fraction of sp³-hybridized carbons (Fsp3) is 0.333. The van der Waals surface area contributed by atoms with Crippen molar-refractivity contribution in [1.29, 1.82) is 0 Å². The lowest BCUT2D eigenvalue weighted by molar-refractivity contribution is 0.296. The second-order valence-electron chi connectivity index (χ2n) is 5.43. The third kappa shape index (κ3) is 3.44. The van der Waals surface area contributed by atoms with E-state index in [1.165, 1.54) is 0 Å². The van der Waals surface area contributed by atoms with E-state index in [1.807, 2.05) is 30.3 Å². The predicted molar refractivity (Wildman–Crippen MR) is 75.9 cm³/mol. The van der Waals surface area contributed by atoms with Gasteiger partial charge in [-0.2, -0.15) is 0 Å². The quantitative estimate of drug-likeness (QED) is 0.859. The van der Waals surface area contributed by atoms with E-state index in [2.05, 4.69) is 30.7 Å². The third-order valence-electron chi connectivity index (χ3n) is 2.75. The second kappa shape index (κ2) is 5.26. The number of ether oxygens (including phenoxy) is 1. The molecule has 0 aliphatic rings. The van der Waals surface area contributed by atoms with Crippen LogP contribution < -0.4 is 10.5 Å². The molecule has 2 rings (SSSR count). The molecule has 0 saturated heterocycles. The van der Waals surface area contributed by atoms with Crippen LogP contribution in [0.4, 0.5) is 5.69 Å². The van der Waals surface area contributed by atoms with Crippen LogP contribution in [0.15, 0.2) is 36.5 Å². The van der Waals surface area contributed by atoms with E-state index < -0.39 is 0 Å². The molecule has 1 aromatic heterocycles. The van der Waals surface area contributed by atoms with Crippen LogP contribution in [-0.4, -0.2) is 9.97 Å². The summed E-state index contributed by atoms with van der Waals surface area (Å²) in [4.78, 5) is 8.73. The number of anilines is 1. The molecule has 4 heteroatoms. The molecule has 0 atom stereocenters. The van der Waals surface area contributed by atoms with Gasteiger partial charge >= 0.3 is 0 Å². The topological polar surface area (TPSA) is 61.0 Å². The number of benzene rings is 1. The number of para-hydroxylation sites is 2. The molecule has 19 heavy (non-hydrogen) atoms. The minimum atomic E-state index is 0.00344. The van der Waals surface area contributed by atoms with Crippen molar-refractivity contribution < 1.29 is 4.74 Å². The summed E-state index contributed by atoms with van der Waals surface area (Å²) in [6, 6.07) is 9.34. The average molecular weight is 257 g/mol. The van der Waals surface area contributed by atoms with Gasteiger partial charge in [-0.1, -0.05) is 32.9 Å². The Morgan fingerprint density at radius 2 is 1.89 bits per heavy atom. The fourth-order valence-corrected chi connectivity index (χ4v) is 1.64. The van der Waals surface area contributed by atoms with Crippen LogP contribution in [0.1, 0.15) is 32.3 Å². The lowest BCUT2D eigenvalue weighted by atomic mass is 9.92. The standard InChI is InChI=1S/C15H19N3O/c1-15(2,3)13-8-9-17-14(18-13)10-19-12-7-5-4-6-11(12)16/h4-9H,10,16H2,1-3H3. The molecular formula is C15H19N3O. The Hall–Kier alpha value is -2.10. The second-order valence-corrected chi connectivity index (χ2v) is 5.43. The summed E-state index contributed by atoms with van der Waals surface area (Å²) >= 11 is 0. The first kappa shape index (κ1) is 13.3. The molecule has 2 aromatic rings. The summed E-state index contributed by atoms with van der Waals surface area (Å²) in [6.45, 7) is 6.68. The van der Waals surface area contributed by atoms with E-state index in [4.69, 9.17) is 10.5 Å². The first-order valence-corrected chi connectivity index (χ1v) is 6.26.